The molecule has 0 bridgehead atoms. The van der Waals surface area contributed by atoms with Gasteiger partial charge in [0, 0.05) is 32.8 Å². The minimum atomic E-state index is 0.530. The summed E-state index contributed by atoms with van der Waals surface area (Å²) in [6.45, 7) is 8.33. The molecule has 0 aromatic heterocycles. The predicted octanol–water partition coefficient (Wildman–Crippen LogP) is 2.44. The van der Waals surface area contributed by atoms with Crippen molar-refractivity contribution in [3.05, 3.63) is 35.4 Å². The fourth-order valence-corrected chi connectivity index (χ4v) is 2.02. The first-order valence-corrected chi connectivity index (χ1v) is 7.09. The predicted molar refractivity (Wildman–Crippen MR) is 81.5 cm³/mol. The molecule has 1 N–H and O–H groups in total. The van der Waals surface area contributed by atoms with Crippen LogP contribution >= 0.6 is 0 Å². The van der Waals surface area contributed by atoms with Crippen molar-refractivity contribution in [1.29, 1.82) is 0 Å². The molecule has 1 aromatic carbocycles. The van der Waals surface area contributed by atoms with Gasteiger partial charge >= 0.3 is 0 Å². The number of hydrogen-bond donors (Lipinski definition) is 1. The molecule has 0 saturated heterocycles. The summed E-state index contributed by atoms with van der Waals surface area (Å²) in [7, 11) is 3.94. The highest BCUT2D eigenvalue weighted by atomic mass is 16.5. The maximum Gasteiger partial charge on any atom is 0.0474 e. The van der Waals surface area contributed by atoms with Gasteiger partial charge in [-0.3, -0.25) is 4.90 Å². The standard InChI is InChI=1S/C16H28N2O/c1-14-8-5-6-9-16(14)13-18(3)15(2)12-17-10-7-11-19-4/h5-6,8-9,15,17H,7,10-13H2,1-4H3. The second kappa shape index (κ2) is 9.08. The number of nitrogens with zero attached hydrogens (tertiary/aromatic N) is 1. The van der Waals surface area contributed by atoms with Crippen LogP contribution in [-0.2, 0) is 11.3 Å². The Hall–Kier alpha value is -0.900. The molecule has 19 heavy (non-hydrogen) atoms. The number of likely N-dealkylation sites (N-methyl/N-ethyl adjacent to an activating group) is 1. The van der Waals surface area contributed by atoms with E-state index in [0.29, 0.717) is 6.04 Å². The number of rotatable bonds is 9. The average Bonchev–Trinajstić information content (AvgIpc) is 2.41. The number of methoxy groups -OCH3 is 1. The van der Waals surface area contributed by atoms with E-state index in [1.807, 2.05) is 0 Å². The Morgan fingerprint density at radius 3 is 2.74 bits per heavy atom. The van der Waals surface area contributed by atoms with E-state index in [9.17, 15) is 0 Å². The SMILES string of the molecule is COCCCNCC(C)N(C)Cc1ccccc1C. The van der Waals surface area contributed by atoms with Gasteiger partial charge in [-0.25, -0.2) is 0 Å². The highest BCUT2D eigenvalue weighted by Gasteiger charge is 2.09. The van der Waals surface area contributed by atoms with Crippen LogP contribution in [0.5, 0.6) is 0 Å². The van der Waals surface area contributed by atoms with Crippen LogP contribution in [0.4, 0.5) is 0 Å². The zero-order chi connectivity index (χ0) is 14.1. The largest absolute Gasteiger partial charge is 0.385 e. The van der Waals surface area contributed by atoms with Crippen LogP contribution in [0.2, 0.25) is 0 Å². The third kappa shape index (κ3) is 6.19. The molecule has 0 amide bonds. The first-order valence-electron chi connectivity index (χ1n) is 7.09. The molecule has 0 aliphatic carbocycles. The number of ether oxygens (including phenoxy) is 1. The minimum Gasteiger partial charge on any atom is -0.385 e. The molecule has 0 saturated carbocycles. The number of nitrogens with one attached hydrogen (secondary N) is 1. The molecule has 0 spiro atoms. The van der Waals surface area contributed by atoms with Gasteiger partial charge in [0.15, 0.2) is 0 Å². The molecule has 3 nitrogen and oxygen atoms in total. The first-order chi connectivity index (χ1) is 9.15. The summed E-state index contributed by atoms with van der Waals surface area (Å²) in [5, 5.41) is 3.48. The van der Waals surface area contributed by atoms with E-state index in [4.69, 9.17) is 4.74 Å². The maximum atomic E-state index is 5.04. The van der Waals surface area contributed by atoms with Gasteiger partial charge < -0.3 is 10.1 Å². The van der Waals surface area contributed by atoms with Crippen molar-refractivity contribution in [2.75, 3.05) is 33.9 Å². The maximum absolute atomic E-state index is 5.04. The van der Waals surface area contributed by atoms with Crippen molar-refractivity contribution in [2.45, 2.75) is 32.9 Å². The zero-order valence-corrected chi connectivity index (χ0v) is 12.8. The Morgan fingerprint density at radius 2 is 2.05 bits per heavy atom. The van der Waals surface area contributed by atoms with Crippen molar-refractivity contribution in [3.63, 3.8) is 0 Å². The lowest BCUT2D eigenvalue weighted by Crippen LogP contribution is -2.38. The molecule has 1 atom stereocenters. The Kier molecular flexibility index (Phi) is 7.72. The summed E-state index contributed by atoms with van der Waals surface area (Å²) in [5.41, 5.74) is 2.78. The second-order valence-electron chi connectivity index (χ2n) is 5.24. The van der Waals surface area contributed by atoms with Gasteiger partial charge in [0.05, 0.1) is 0 Å². The topological polar surface area (TPSA) is 24.5 Å². The fourth-order valence-electron chi connectivity index (χ4n) is 2.02. The lowest BCUT2D eigenvalue weighted by molar-refractivity contribution is 0.191. The molecule has 108 valence electrons. The van der Waals surface area contributed by atoms with Crippen LogP contribution in [0.1, 0.15) is 24.5 Å². The van der Waals surface area contributed by atoms with E-state index in [-0.39, 0.29) is 0 Å². The van der Waals surface area contributed by atoms with Crippen LogP contribution in [0.25, 0.3) is 0 Å². The van der Waals surface area contributed by atoms with Gasteiger partial charge in [-0.15, -0.1) is 0 Å². The second-order valence-corrected chi connectivity index (χ2v) is 5.24. The molecular weight excluding hydrogens is 236 g/mol. The molecule has 0 radical (unpaired) electrons. The molecule has 0 aliphatic rings. The third-order valence-corrected chi connectivity index (χ3v) is 3.58. The van der Waals surface area contributed by atoms with Crippen LogP contribution in [0, 0.1) is 6.92 Å². The molecule has 1 unspecified atom stereocenters. The molecule has 0 fully saturated rings. The Balaban J connectivity index is 2.28. The highest BCUT2D eigenvalue weighted by Crippen LogP contribution is 2.10. The summed E-state index contributed by atoms with van der Waals surface area (Å²) in [6.07, 6.45) is 1.07. The van der Waals surface area contributed by atoms with E-state index in [0.717, 1.165) is 32.7 Å². The number of hydrogen-bond acceptors (Lipinski definition) is 3. The monoisotopic (exact) mass is 264 g/mol. The summed E-state index contributed by atoms with van der Waals surface area (Å²) in [5.74, 6) is 0. The van der Waals surface area contributed by atoms with Crippen molar-refractivity contribution >= 4 is 0 Å². The van der Waals surface area contributed by atoms with E-state index in [2.05, 4.69) is 55.4 Å². The van der Waals surface area contributed by atoms with Crippen molar-refractivity contribution in [3.8, 4) is 0 Å². The van der Waals surface area contributed by atoms with Crippen molar-refractivity contribution < 1.29 is 4.74 Å². The number of aryl methyl sites for hydroxylation is 1. The lowest BCUT2D eigenvalue weighted by atomic mass is 10.1. The summed E-state index contributed by atoms with van der Waals surface area (Å²) in [4.78, 5) is 2.39. The third-order valence-electron chi connectivity index (χ3n) is 3.58. The van der Waals surface area contributed by atoms with Gasteiger partial charge in [-0.2, -0.15) is 0 Å². The zero-order valence-electron chi connectivity index (χ0n) is 12.8. The summed E-state index contributed by atoms with van der Waals surface area (Å²) >= 11 is 0. The van der Waals surface area contributed by atoms with Gasteiger partial charge in [0.25, 0.3) is 0 Å². The van der Waals surface area contributed by atoms with Crippen LogP contribution in [-0.4, -0.2) is 44.8 Å². The fraction of sp³-hybridized carbons (Fsp3) is 0.625. The molecule has 3 heteroatoms. The summed E-state index contributed by atoms with van der Waals surface area (Å²) < 4.78 is 5.04. The Morgan fingerprint density at radius 1 is 1.32 bits per heavy atom. The van der Waals surface area contributed by atoms with Crippen LogP contribution < -0.4 is 5.32 Å². The molecule has 1 aromatic rings. The van der Waals surface area contributed by atoms with Gasteiger partial charge in [-0.05, 0) is 45.0 Å². The van der Waals surface area contributed by atoms with Crippen LogP contribution in [0.3, 0.4) is 0 Å². The van der Waals surface area contributed by atoms with Gasteiger partial charge in [0.1, 0.15) is 0 Å². The van der Waals surface area contributed by atoms with Gasteiger partial charge in [-0.1, -0.05) is 24.3 Å². The molecule has 0 heterocycles. The lowest BCUT2D eigenvalue weighted by Gasteiger charge is -2.25. The smallest absolute Gasteiger partial charge is 0.0474 e. The van der Waals surface area contributed by atoms with Crippen molar-refractivity contribution in [1.82, 2.24) is 10.2 Å². The first kappa shape index (κ1) is 16.2. The minimum absolute atomic E-state index is 0.530. The van der Waals surface area contributed by atoms with E-state index >= 15 is 0 Å². The summed E-state index contributed by atoms with van der Waals surface area (Å²) in [6, 6.07) is 9.13. The number of benzene rings is 1. The van der Waals surface area contributed by atoms with E-state index < -0.39 is 0 Å². The average molecular weight is 264 g/mol. The van der Waals surface area contributed by atoms with Crippen molar-refractivity contribution in [2.24, 2.45) is 0 Å². The van der Waals surface area contributed by atoms with E-state index in [1.165, 1.54) is 11.1 Å². The quantitative estimate of drug-likeness (QED) is 0.693. The van der Waals surface area contributed by atoms with E-state index in [1.54, 1.807) is 7.11 Å². The Bertz CT molecular complexity index is 354. The Labute approximate surface area is 118 Å². The highest BCUT2D eigenvalue weighted by molar-refractivity contribution is 5.25. The van der Waals surface area contributed by atoms with Crippen LogP contribution in [0.15, 0.2) is 24.3 Å². The molecular formula is C16H28N2O. The normalized spacial score (nSPS) is 12.9. The van der Waals surface area contributed by atoms with Gasteiger partial charge in [0.2, 0.25) is 0 Å². The molecule has 1 rings (SSSR count). The molecule has 0 aliphatic heterocycles.